The first-order chi connectivity index (χ1) is 10.2. The minimum atomic E-state index is 0.254. The molecule has 0 saturated heterocycles. The summed E-state index contributed by atoms with van der Waals surface area (Å²) in [5, 5.41) is 14.5. The van der Waals surface area contributed by atoms with Gasteiger partial charge in [0.2, 0.25) is 0 Å². The van der Waals surface area contributed by atoms with Crippen molar-refractivity contribution < 1.29 is 9.63 Å². The third-order valence-corrected chi connectivity index (χ3v) is 5.29. The Labute approximate surface area is 129 Å². The molecule has 0 aliphatic heterocycles. The second-order valence-corrected chi connectivity index (χ2v) is 6.88. The van der Waals surface area contributed by atoms with E-state index in [9.17, 15) is 5.11 Å². The van der Waals surface area contributed by atoms with Crippen LogP contribution in [-0.4, -0.2) is 20.5 Å². The highest BCUT2D eigenvalue weighted by molar-refractivity contribution is 7.99. The molecule has 0 spiro atoms. The van der Waals surface area contributed by atoms with E-state index in [1.165, 1.54) is 32.1 Å². The van der Waals surface area contributed by atoms with Crippen molar-refractivity contribution in [3.8, 4) is 17.2 Å². The van der Waals surface area contributed by atoms with E-state index in [2.05, 4.69) is 10.1 Å². The van der Waals surface area contributed by atoms with Crippen molar-refractivity contribution >= 4 is 11.8 Å². The van der Waals surface area contributed by atoms with Crippen LogP contribution in [0.3, 0.4) is 0 Å². The predicted molar refractivity (Wildman–Crippen MR) is 84.3 cm³/mol. The summed E-state index contributed by atoms with van der Waals surface area (Å²) in [6.07, 6.45) is 6.68. The van der Waals surface area contributed by atoms with Crippen molar-refractivity contribution in [2.75, 3.05) is 0 Å². The Balaban J connectivity index is 1.63. The van der Waals surface area contributed by atoms with Crippen LogP contribution in [0, 0.1) is 6.92 Å². The van der Waals surface area contributed by atoms with Crippen LogP contribution in [0.4, 0.5) is 0 Å². The molecule has 1 aliphatic carbocycles. The smallest absolute Gasteiger partial charge is 0.258 e. The average Bonchev–Trinajstić information content (AvgIpc) is 2.98. The molecule has 1 aromatic heterocycles. The van der Waals surface area contributed by atoms with Crippen LogP contribution in [0.5, 0.6) is 5.75 Å². The third-order valence-electron chi connectivity index (χ3n) is 3.92. The summed E-state index contributed by atoms with van der Waals surface area (Å²) < 4.78 is 5.30. The Morgan fingerprint density at radius 1 is 1.29 bits per heavy atom. The fraction of sp³-hybridized carbons (Fsp3) is 0.500. The number of aromatic nitrogens is 2. The summed E-state index contributed by atoms with van der Waals surface area (Å²) in [6, 6.07) is 5.41. The van der Waals surface area contributed by atoms with Crippen molar-refractivity contribution in [3.63, 3.8) is 0 Å². The lowest BCUT2D eigenvalue weighted by molar-refractivity contribution is 0.424. The monoisotopic (exact) mass is 304 g/mol. The summed E-state index contributed by atoms with van der Waals surface area (Å²) >= 11 is 1.93. The number of aryl methyl sites for hydroxylation is 1. The molecule has 5 heteroatoms. The fourth-order valence-electron chi connectivity index (χ4n) is 2.60. The van der Waals surface area contributed by atoms with Gasteiger partial charge in [-0.15, -0.1) is 0 Å². The van der Waals surface area contributed by atoms with Crippen molar-refractivity contribution in [2.45, 2.75) is 50.0 Å². The van der Waals surface area contributed by atoms with Gasteiger partial charge in [0.15, 0.2) is 5.82 Å². The summed E-state index contributed by atoms with van der Waals surface area (Å²) in [5.74, 6) is 2.26. The molecule has 3 rings (SSSR count). The number of nitrogens with zero attached hydrogens (tertiary/aromatic N) is 2. The maximum absolute atomic E-state index is 9.75. The molecular formula is C16H20N2O2S. The minimum Gasteiger partial charge on any atom is -0.508 e. The van der Waals surface area contributed by atoms with Crippen LogP contribution in [0.25, 0.3) is 11.5 Å². The van der Waals surface area contributed by atoms with E-state index in [0.717, 1.165) is 28.0 Å². The molecule has 0 unspecified atom stereocenters. The average molecular weight is 304 g/mol. The SMILES string of the molecule is Cc1ccc(-c2nc(CSC3CCCCC3)no2)cc1O. The van der Waals surface area contributed by atoms with Crippen LogP contribution >= 0.6 is 11.8 Å². The number of phenolic OH excluding ortho intramolecular Hbond substituents is 1. The highest BCUT2D eigenvalue weighted by atomic mass is 32.2. The second kappa shape index (κ2) is 6.52. The summed E-state index contributed by atoms with van der Waals surface area (Å²) in [5.41, 5.74) is 1.60. The highest BCUT2D eigenvalue weighted by Crippen LogP contribution is 2.30. The molecule has 112 valence electrons. The van der Waals surface area contributed by atoms with Gasteiger partial charge in [-0.05, 0) is 37.5 Å². The van der Waals surface area contributed by atoms with Crippen molar-refractivity contribution in [2.24, 2.45) is 0 Å². The molecule has 1 aliphatic rings. The Morgan fingerprint density at radius 3 is 2.86 bits per heavy atom. The van der Waals surface area contributed by atoms with E-state index in [4.69, 9.17) is 4.52 Å². The summed E-state index contributed by atoms with van der Waals surface area (Å²) in [7, 11) is 0. The van der Waals surface area contributed by atoms with Crippen LogP contribution < -0.4 is 0 Å². The number of thioether (sulfide) groups is 1. The van der Waals surface area contributed by atoms with Gasteiger partial charge in [-0.2, -0.15) is 16.7 Å². The van der Waals surface area contributed by atoms with Crippen LogP contribution in [0.15, 0.2) is 22.7 Å². The molecule has 1 N–H and O–H groups in total. The topological polar surface area (TPSA) is 59.2 Å². The molecule has 1 fully saturated rings. The largest absolute Gasteiger partial charge is 0.508 e. The number of aromatic hydroxyl groups is 1. The Bertz CT molecular complexity index is 606. The fourth-order valence-corrected chi connectivity index (χ4v) is 3.77. The van der Waals surface area contributed by atoms with E-state index in [1.54, 1.807) is 6.07 Å². The first-order valence-corrected chi connectivity index (χ1v) is 8.51. The zero-order valence-electron chi connectivity index (χ0n) is 12.2. The van der Waals surface area contributed by atoms with E-state index < -0.39 is 0 Å². The molecule has 2 aromatic rings. The molecule has 21 heavy (non-hydrogen) atoms. The van der Waals surface area contributed by atoms with Gasteiger partial charge in [-0.1, -0.05) is 30.5 Å². The van der Waals surface area contributed by atoms with Gasteiger partial charge in [-0.3, -0.25) is 0 Å². The number of benzene rings is 1. The quantitative estimate of drug-likeness (QED) is 0.911. The normalized spacial score (nSPS) is 16.2. The molecule has 0 bridgehead atoms. The predicted octanol–water partition coefficient (Wildman–Crippen LogP) is 4.32. The van der Waals surface area contributed by atoms with Gasteiger partial charge in [0.05, 0.1) is 5.75 Å². The van der Waals surface area contributed by atoms with E-state index in [1.807, 2.05) is 30.8 Å². The molecule has 1 heterocycles. The first-order valence-electron chi connectivity index (χ1n) is 7.46. The zero-order chi connectivity index (χ0) is 14.7. The zero-order valence-corrected chi connectivity index (χ0v) is 13.0. The van der Waals surface area contributed by atoms with Crippen molar-refractivity contribution in [3.05, 3.63) is 29.6 Å². The number of rotatable bonds is 4. The lowest BCUT2D eigenvalue weighted by atomic mass is 10.0. The molecule has 1 aromatic carbocycles. The molecule has 4 nitrogen and oxygen atoms in total. The Hall–Kier alpha value is -1.49. The van der Waals surface area contributed by atoms with Gasteiger partial charge in [-0.25, -0.2) is 0 Å². The van der Waals surface area contributed by atoms with Crippen LogP contribution in [0.2, 0.25) is 0 Å². The van der Waals surface area contributed by atoms with Gasteiger partial charge < -0.3 is 9.63 Å². The minimum absolute atomic E-state index is 0.254. The van der Waals surface area contributed by atoms with E-state index in [0.29, 0.717) is 5.89 Å². The number of phenols is 1. The summed E-state index contributed by atoms with van der Waals surface area (Å²) in [4.78, 5) is 4.43. The maximum Gasteiger partial charge on any atom is 0.258 e. The Morgan fingerprint density at radius 2 is 2.10 bits per heavy atom. The first kappa shape index (κ1) is 14.4. The van der Waals surface area contributed by atoms with Gasteiger partial charge in [0.25, 0.3) is 5.89 Å². The number of hydrogen-bond acceptors (Lipinski definition) is 5. The molecule has 0 radical (unpaired) electrons. The van der Waals surface area contributed by atoms with E-state index >= 15 is 0 Å². The molecule has 0 atom stereocenters. The maximum atomic E-state index is 9.75. The van der Waals surface area contributed by atoms with Gasteiger partial charge >= 0.3 is 0 Å². The van der Waals surface area contributed by atoms with Crippen LogP contribution in [-0.2, 0) is 5.75 Å². The standard InChI is InChI=1S/C16H20N2O2S/c1-11-7-8-12(9-14(11)19)16-17-15(18-20-16)10-21-13-5-3-2-4-6-13/h7-9,13,19H,2-6,10H2,1H3. The van der Waals surface area contributed by atoms with Gasteiger partial charge in [0.1, 0.15) is 5.75 Å². The molecule has 1 saturated carbocycles. The summed E-state index contributed by atoms with van der Waals surface area (Å²) in [6.45, 7) is 1.86. The van der Waals surface area contributed by atoms with E-state index in [-0.39, 0.29) is 5.75 Å². The lowest BCUT2D eigenvalue weighted by Crippen LogP contribution is -2.08. The van der Waals surface area contributed by atoms with Gasteiger partial charge in [0, 0.05) is 10.8 Å². The lowest BCUT2D eigenvalue weighted by Gasteiger charge is -2.19. The molecule has 0 amide bonds. The van der Waals surface area contributed by atoms with Crippen molar-refractivity contribution in [1.29, 1.82) is 0 Å². The second-order valence-electron chi connectivity index (χ2n) is 5.59. The van der Waals surface area contributed by atoms with Crippen LogP contribution in [0.1, 0.15) is 43.5 Å². The number of hydrogen-bond donors (Lipinski definition) is 1. The van der Waals surface area contributed by atoms with Crippen molar-refractivity contribution in [1.82, 2.24) is 10.1 Å². The third kappa shape index (κ3) is 3.59. The Kier molecular flexibility index (Phi) is 4.48. The molecular weight excluding hydrogens is 284 g/mol. The highest BCUT2D eigenvalue weighted by Gasteiger charge is 2.16.